The van der Waals surface area contributed by atoms with Crippen LogP contribution in [0, 0.1) is 12.8 Å². The van der Waals surface area contributed by atoms with Gasteiger partial charge in [0.05, 0.1) is 11.4 Å². The molecule has 0 radical (unpaired) electrons. The van der Waals surface area contributed by atoms with Gasteiger partial charge in [0.2, 0.25) is 0 Å². The Morgan fingerprint density at radius 1 is 0.821 bits per heavy atom. The first kappa shape index (κ1) is 20.0. The van der Waals surface area contributed by atoms with Gasteiger partial charge in [-0.25, -0.2) is 0 Å². The van der Waals surface area contributed by atoms with Crippen LogP contribution in [0.15, 0.2) is 54.7 Å². The molecule has 1 unspecified atom stereocenters. The summed E-state index contributed by atoms with van der Waals surface area (Å²) in [5.74, 6) is 0.291. The van der Waals surface area contributed by atoms with E-state index in [9.17, 15) is 13.2 Å². The van der Waals surface area contributed by atoms with Crippen LogP contribution >= 0.6 is 0 Å². The van der Waals surface area contributed by atoms with Crippen LogP contribution in [-0.4, -0.2) is 15.2 Å². The SMILES string of the molecule is Cc1ccc(C(C)(c2ccc(-c3ccc(C(F)(F)F)nn3)cc2)C(C)C)nc1. The molecule has 1 aromatic carbocycles. The van der Waals surface area contributed by atoms with Crippen LogP contribution in [0.2, 0.25) is 0 Å². The van der Waals surface area contributed by atoms with Crippen molar-refractivity contribution >= 4 is 0 Å². The van der Waals surface area contributed by atoms with E-state index in [0.717, 1.165) is 22.9 Å². The molecule has 28 heavy (non-hydrogen) atoms. The summed E-state index contributed by atoms with van der Waals surface area (Å²) in [6.07, 6.45) is -2.63. The first-order chi connectivity index (χ1) is 13.1. The van der Waals surface area contributed by atoms with Gasteiger partial charge in [-0.05, 0) is 49.1 Å². The predicted molar refractivity (Wildman–Crippen MR) is 103 cm³/mol. The van der Waals surface area contributed by atoms with E-state index >= 15 is 0 Å². The van der Waals surface area contributed by atoms with Crippen LogP contribution < -0.4 is 0 Å². The Morgan fingerprint density at radius 2 is 1.46 bits per heavy atom. The highest BCUT2D eigenvalue weighted by molar-refractivity contribution is 5.59. The van der Waals surface area contributed by atoms with E-state index in [2.05, 4.69) is 42.0 Å². The summed E-state index contributed by atoms with van der Waals surface area (Å²) in [4.78, 5) is 4.63. The maximum Gasteiger partial charge on any atom is 0.435 e. The van der Waals surface area contributed by atoms with Gasteiger partial charge >= 0.3 is 6.18 Å². The quantitative estimate of drug-likeness (QED) is 0.567. The molecule has 0 N–H and O–H groups in total. The smallest absolute Gasteiger partial charge is 0.260 e. The third kappa shape index (κ3) is 3.77. The van der Waals surface area contributed by atoms with Crippen molar-refractivity contribution in [2.45, 2.75) is 39.3 Å². The molecule has 3 nitrogen and oxygen atoms in total. The molecular formula is C22H22F3N3. The first-order valence-corrected chi connectivity index (χ1v) is 9.07. The largest absolute Gasteiger partial charge is 0.435 e. The number of aromatic nitrogens is 3. The molecule has 1 atom stereocenters. The molecule has 0 fully saturated rings. The van der Waals surface area contributed by atoms with E-state index < -0.39 is 11.9 Å². The number of rotatable bonds is 4. The maximum atomic E-state index is 12.7. The average molecular weight is 385 g/mol. The standard InChI is InChI=1S/C22H22F3N3/c1-14(2)21(4,19-11-5-15(3)13-26-19)17-8-6-16(7-9-17)18-10-12-20(28-27-18)22(23,24)25/h5-14H,1-4H3. The number of alkyl halides is 3. The average Bonchev–Trinajstić information content (AvgIpc) is 2.67. The first-order valence-electron chi connectivity index (χ1n) is 9.07. The summed E-state index contributed by atoms with van der Waals surface area (Å²) in [5, 5.41) is 7.02. The zero-order valence-corrected chi connectivity index (χ0v) is 16.2. The van der Waals surface area contributed by atoms with Gasteiger partial charge in [-0.2, -0.15) is 13.2 Å². The molecular weight excluding hydrogens is 363 g/mol. The number of nitrogens with zero attached hydrogens (tertiary/aromatic N) is 3. The van der Waals surface area contributed by atoms with Crippen LogP contribution in [0.1, 0.15) is 43.3 Å². The highest BCUT2D eigenvalue weighted by Crippen LogP contribution is 2.38. The molecule has 3 rings (SSSR count). The summed E-state index contributed by atoms with van der Waals surface area (Å²) in [7, 11) is 0. The maximum absolute atomic E-state index is 12.7. The van der Waals surface area contributed by atoms with Crippen LogP contribution in [0.3, 0.4) is 0 Å². The van der Waals surface area contributed by atoms with Gasteiger partial charge in [0.25, 0.3) is 0 Å². The zero-order valence-electron chi connectivity index (χ0n) is 16.2. The van der Waals surface area contributed by atoms with Gasteiger partial charge in [0.15, 0.2) is 5.69 Å². The second-order valence-corrected chi connectivity index (χ2v) is 7.46. The minimum absolute atomic E-state index is 0.291. The predicted octanol–water partition coefficient (Wildman–Crippen LogP) is 5.83. The van der Waals surface area contributed by atoms with E-state index in [-0.39, 0.29) is 5.41 Å². The Balaban J connectivity index is 1.95. The highest BCUT2D eigenvalue weighted by Gasteiger charge is 2.34. The fourth-order valence-electron chi connectivity index (χ4n) is 3.18. The van der Waals surface area contributed by atoms with Crippen molar-refractivity contribution in [2.75, 3.05) is 0 Å². The van der Waals surface area contributed by atoms with E-state index in [4.69, 9.17) is 0 Å². The summed E-state index contributed by atoms with van der Waals surface area (Å²) in [6, 6.07) is 14.1. The molecule has 0 aliphatic heterocycles. The number of halogens is 3. The number of benzene rings is 1. The number of hydrogen-bond acceptors (Lipinski definition) is 3. The lowest BCUT2D eigenvalue weighted by molar-refractivity contribution is -0.141. The van der Waals surface area contributed by atoms with E-state index in [1.165, 1.54) is 6.07 Å². The van der Waals surface area contributed by atoms with Crippen LogP contribution in [-0.2, 0) is 11.6 Å². The zero-order chi connectivity index (χ0) is 20.5. The van der Waals surface area contributed by atoms with Gasteiger partial charge < -0.3 is 0 Å². The topological polar surface area (TPSA) is 38.7 Å². The van der Waals surface area contributed by atoms with Crippen LogP contribution in [0.4, 0.5) is 13.2 Å². The van der Waals surface area contributed by atoms with Crippen molar-refractivity contribution in [1.82, 2.24) is 15.2 Å². The van der Waals surface area contributed by atoms with Crippen molar-refractivity contribution in [1.29, 1.82) is 0 Å². The second-order valence-electron chi connectivity index (χ2n) is 7.46. The summed E-state index contributed by atoms with van der Waals surface area (Å²) >= 11 is 0. The van der Waals surface area contributed by atoms with Crippen molar-refractivity contribution < 1.29 is 13.2 Å². The van der Waals surface area contributed by atoms with Gasteiger partial charge in [-0.3, -0.25) is 4.98 Å². The Labute approximate surface area is 162 Å². The Kier molecular flexibility index (Phi) is 5.24. The molecule has 2 heterocycles. The normalized spacial score (nSPS) is 14.1. The molecule has 0 aliphatic carbocycles. The molecule has 0 aliphatic rings. The summed E-state index contributed by atoms with van der Waals surface area (Å²) in [5.41, 5.74) is 3.00. The summed E-state index contributed by atoms with van der Waals surface area (Å²) in [6.45, 7) is 8.46. The Bertz CT molecular complexity index is 931. The molecule has 0 spiro atoms. The van der Waals surface area contributed by atoms with Gasteiger partial charge in [-0.15, -0.1) is 10.2 Å². The lowest BCUT2D eigenvalue weighted by atomic mass is 9.70. The Morgan fingerprint density at radius 3 is 1.93 bits per heavy atom. The number of pyridine rings is 1. The third-order valence-electron chi connectivity index (χ3n) is 5.33. The van der Waals surface area contributed by atoms with Gasteiger partial charge in [-0.1, -0.05) is 44.2 Å². The molecule has 0 bridgehead atoms. The number of aryl methyl sites for hydroxylation is 1. The molecule has 146 valence electrons. The fraction of sp³-hybridized carbons (Fsp3) is 0.318. The summed E-state index contributed by atoms with van der Waals surface area (Å²) < 4.78 is 38.0. The van der Waals surface area contributed by atoms with Crippen molar-refractivity contribution in [3.63, 3.8) is 0 Å². The van der Waals surface area contributed by atoms with Crippen molar-refractivity contribution in [3.05, 3.63) is 77.2 Å². The molecule has 6 heteroatoms. The van der Waals surface area contributed by atoms with Gasteiger partial charge in [0.1, 0.15) is 0 Å². The minimum atomic E-state index is -4.49. The molecule has 0 saturated carbocycles. The van der Waals surface area contributed by atoms with Crippen LogP contribution in [0.25, 0.3) is 11.3 Å². The third-order valence-corrected chi connectivity index (χ3v) is 5.33. The molecule has 3 aromatic rings. The molecule has 2 aromatic heterocycles. The number of hydrogen-bond donors (Lipinski definition) is 0. The lowest BCUT2D eigenvalue weighted by Crippen LogP contribution is -2.31. The highest BCUT2D eigenvalue weighted by atomic mass is 19.4. The monoisotopic (exact) mass is 385 g/mol. The Hall–Kier alpha value is -2.76. The van der Waals surface area contributed by atoms with E-state index in [0.29, 0.717) is 17.2 Å². The van der Waals surface area contributed by atoms with Crippen LogP contribution in [0.5, 0.6) is 0 Å². The molecule has 0 amide bonds. The minimum Gasteiger partial charge on any atom is -0.260 e. The van der Waals surface area contributed by atoms with Crippen molar-refractivity contribution in [2.24, 2.45) is 5.92 Å². The van der Waals surface area contributed by atoms with Crippen molar-refractivity contribution in [3.8, 4) is 11.3 Å². The molecule has 0 saturated heterocycles. The van der Waals surface area contributed by atoms with E-state index in [1.807, 2.05) is 43.5 Å². The fourth-order valence-corrected chi connectivity index (χ4v) is 3.18. The lowest BCUT2D eigenvalue weighted by Gasteiger charge is -2.34. The van der Waals surface area contributed by atoms with E-state index in [1.54, 1.807) is 0 Å². The second kappa shape index (κ2) is 7.34. The van der Waals surface area contributed by atoms with Gasteiger partial charge in [0, 0.05) is 17.2 Å².